The SMILES string of the molecule is c1ccc(-c2ncc(CN3CCc4nncn4CC3)s2)cc1. The Labute approximate surface area is 133 Å². The summed E-state index contributed by atoms with van der Waals surface area (Å²) in [5.74, 6) is 1.09. The number of hydrogen-bond donors (Lipinski definition) is 0. The van der Waals surface area contributed by atoms with Gasteiger partial charge >= 0.3 is 0 Å². The van der Waals surface area contributed by atoms with Crippen molar-refractivity contribution in [3.63, 3.8) is 0 Å². The second kappa shape index (κ2) is 5.98. The zero-order chi connectivity index (χ0) is 14.8. The first-order valence-electron chi connectivity index (χ1n) is 7.48. The zero-order valence-corrected chi connectivity index (χ0v) is 13.0. The molecule has 0 aliphatic carbocycles. The van der Waals surface area contributed by atoms with Crippen LogP contribution in [-0.2, 0) is 19.5 Å². The van der Waals surface area contributed by atoms with E-state index >= 15 is 0 Å². The summed E-state index contributed by atoms with van der Waals surface area (Å²) in [6.45, 7) is 3.98. The first-order chi connectivity index (χ1) is 10.9. The molecule has 112 valence electrons. The molecule has 0 saturated carbocycles. The van der Waals surface area contributed by atoms with E-state index in [2.05, 4.69) is 48.9 Å². The van der Waals surface area contributed by atoms with Crippen LogP contribution in [0.3, 0.4) is 0 Å². The lowest BCUT2D eigenvalue weighted by atomic mass is 10.2. The quantitative estimate of drug-likeness (QED) is 0.745. The highest BCUT2D eigenvalue weighted by Crippen LogP contribution is 2.25. The van der Waals surface area contributed by atoms with Gasteiger partial charge in [-0.3, -0.25) is 4.90 Å². The molecule has 22 heavy (non-hydrogen) atoms. The van der Waals surface area contributed by atoms with Crippen molar-refractivity contribution in [3.05, 3.63) is 53.6 Å². The highest BCUT2D eigenvalue weighted by Gasteiger charge is 2.16. The number of rotatable bonds is 3. The smallest absolute Gasteiger partial charge is 0.134 e. The number of nitrogens with zero attached hydrogens (tertiary/aromatic N) is 5. The normalized spacial score (nSPS) is 15.5. The Balaban J connectivity index is 1.44. The summed E-state index contributed by atoms with van der Waals surface area (Å²) < 4.78 is 2.15. The van der Waals surface area contributed by atoms with Crippen molar-refractivity contribution >= 4 is 11.3 Å². The average molecular weight is 311 g/mol. The highest BCUT2D eigenvalue weighted by atomic mass is 32.1. The largest absolute Gasteiger partial charge is 0.316 e. The van der Waals surface area contributed by atoms with Crippen LogP contribution in [0, 0.1) is 0 Å². The van der Waals surface area contributed by atoms with Gasteiger partial charge in [0.2, 0.25) is 0 Å². The molecule has 2 aromatic heterocycles. The molecule has 3 heterocycles. The highest BCUT2D eigenvalue weighted by molar-refractivity contribution is 7.15. The maximum absolute atomic E-state index is 4.57. The van der Waals surface area contributed by atoms with E-state index in [4.69, 9.17) is 0 Å². The van der Waals surface area contributed by atoms with Crippen LogP contribution < -0.4 is 0 Å². The summed E-state index contributed by atoms with van der Waals surface area (Å²) in [7, 11) is 0. The number of benzene rings is 1. The van der Waals surface area contributed by atoms with Crippen molar-refractivity contribution < 1.29 is 0 Å². The Kier molecular flexibility index (Phi) is 3.70. The van der Waals surface area contributed by atoms with E-state index in [0.717, 1.165) is 43.4 Å². The van der Waals surface area contributed by atoms with E-state index in [1.165, 1.54) is 10.4 Å². The van der Waals surface area contributed by atoms with Crippen LogP contribution in [0.5, 0.6) is 0 Å². The molecule has 0 unspecified atom stereocenters. The summed E-state index contributed by atoms with van der Waals surface area (Å²) in [6.07, 6.45) is 4.81. The minimum atomic E-state index is 0.961. The Hall–Kier alpha value is -2.05. The molecule has 4 rings (SSSR count). The van der Waals surface area contributed by atoms with Gasteiger partial charge in [-0.15, -0.1) is 21.5 Å². The Morgan fingerprint density at radius 3 is 2.91 bits per heavy atom. The Morgan fingerprint density at radius 2 is 2.00 bits per heavy atom. The van der Waals surface area contributed by atoms with Crippen molar-refractivity contribution in [1.29, 1.82) is 0 Å². The third-order valence-electron chi connectivity index (χ3n) is 3.96. The maximum atomic E-state index is 4.57. The Morgan fingerprint density at radius 1 is 1.09 bits per heavy atom. The predicted octanol–water partition coefficient (Wildman–Crippen LogP) is 2.46. The van der Waals surface area contributed by atoms with Gasteiger partial charge in [-0.2, -0.15) is 0 Å². The number of aromatic nitrogens is 4. The summed E-state index contributed by atoms with van der Waals surface area (Å²) in [5, 5.41) is 9.26. The lowest BCUT2D eigenvalue weighted by molar-refractivity contribution is 0.273. The fourth-order valence-corrected chi connectivity index (χ4v) is 3.71. The molecule has 0 amide bonds. The average Bonchev–Trinajstić information content (AvgIpc) is 3.16. The van der Waals surface area contributed by atoms with Gasteiger partial charge in [-0.1, -0.05) is 30.3 Å². The maximum Gasteiger partial charge on any atom is 0.134 e. The summed E-state index contributed by atoms with van der Waals surface area (Å²) in [4.78, 5) is 8.35. The summed E-state index contributed by atoms with van der Waals surface area (Å²) >= 11 is 1.78. The van der Waals surface area contributed by atoms with Crippen LogP contribution in [-0.4, -0.2) is 37.7 Å². The van der Waals surface area contributed by atoms with E-state index in [9.17, 15) is 0 Å². The van der Waals surface area contributed by atoms with Gasteiger partial charge in [-0.25, -0.2) is 4.98 Å². The van der Waals surface area contributed by atoms with Gasteiger partial charge in [0.15, 0.2) is 0 Å². The molecule has 1 aliphatic rings. The van der Waals surface area contributed by atoms with E-state index in [1.807, 2.05) is 18.6 Å². The molecule has 1 aliphatic heterocycles. The molecule has 3 aromatic rings. The number of fused-ring (bicyclic) bond motifs is 1. The first kappa shape index (κ1) is 13.6. The van der Waals surface area contributed by atoms with Crippen molar-refractivity contribution in [3.8, 4) is 10.6 Å². The third kappa shape index (κ3) is 2.80. The number of hydrogen-bond acceptors (Lipinski definition) is 5. The molecule has 1 aromatic carbocycles. The molecule has 0 N–H and O–H groups in total. The van der Waals surface area contributed by atoms with Crippen LogP contribution in [0.25, 0.3) is 10.6 Å². The monoisotopic (exact) mass is 311 g/mol. The van der Waals surface area contributed by atoms with Gasteiger partial charge < -0.3 is 4.57 Å². The topological polar surface area (TPSA) is 46.8 Å². The summed E-state index contributed by atoms with van der Waals surface area (Å²) in [6, 6.07) is 10.4. The van der Waals surface area contributed by atoms with Crippen LogP contribution in [0.1, 0.15) is 10.7 Å². The van der Waals surface area contributed by atoms with Crippen molar-refractivity contribution in [2.24, 2.45) is 0 Å². The van der Waals surface area contributed by atoms with E-state index in [1.54, 1.807) is 11.3 Å². The van der Waals surface area contributed by atoms with Gasteiger partial charge in [0.25, 0.3) is 0 Å². The first-order valence-corrected chi connectivity index (χ1v) is 8.29. The zero-order valence-electron chi connectivity index (χ0n) is 12.2. The van der Waals surface area contributed by atoms with Crippen molar-refractivity contribution in [2.45, 2.75) is 19.5 Å². The molecule has 6 heteroatoms. The minimum Gasteiger partial charge on any atom is -0.316 e. The lowest BCUT2D eigenvalue weighted by Gasteiger charge is -2.17. The fourth-order valence-electron chi connectivity index (χ4n) is 2.75. The fraction of sp³-hybridized carbons (Fsp3) is 0.312. The van der Waals surface area contributed by atoms with Gasteiger partial charge in [0.1, 0.15) is 17.2 Å². The second-order valence-corrected chi connectivity index (χ2v) is 6.58. The van der Waals surface area contributed by atoms with E-state index < -0.39 is 0 Å². The lowest BCUT2D eigenvalue weighted by Crippen LogP contribution is -2.26. The molecular weight excluding hydrogens is 294 g/mol. The van der Waals surface area contributed by atoms with Crippen molar-refractivity contribution in [2.75, 3.05) is 13.1 Å². The van der Waals surface area contributed by atoms with Crippen LogP contribution in [0.4, 0.5) is 0 Å². The Bertz CT molecular complexity index is 726. The predicted molar refractivity (Wildman–Crippen MR) is 86.6 cm³/mol. The third-order valence-corrected chi connectivity index (χ3v) is 4.99. The van der Waals surface area contributed by atoms with Crippen LogP contribution in [0.2, 0.25) is 0 Å². The molecule has 0 atom stereocenters. The van der Waals surface area contributed by atoms with E-state index in [-0.39, 0.29) is 0 Å². The molecule has 0 fully saturated rings. The van der Waals surface area contributed by atoms with Crippen LogP contribution >= 0.6 is 11.3 Å². The second-order valence-electron chi connectivity index (χ2n) is 5.46. The molecular formula is C16H17N5S. The summed E-state index contributed by atoms with van der Waals surface area (Å²) in [5.41, 5.74) is 1.20. The van der Waals surface area contributed by atoms with Crippen molar-refractivity contribution in [1.82, 2.24) is 24.6 Å². The molecule has 0 bridgehead atoms. The molecule has 0 saturated heterocycles. The van der Waals surface area contributed by atoms with Gasteiger partial charge in [0.05, 0.1) is 0 Å². The van der Waals surface area contributed by atoms with Gasteiger partial charge in [-0.05, 0) is 0 Å². The van der Waals surface area contributed by atoms with E-state index in [0.29, 0.717) is 0 Å². The minimum absolute atomic E-state index is 0.961. The van der Waals surface area contributed by atoms with Gasteiger partial charge in [0, 0.05) is 49.2 Å². The molecule has 5 nitrogen and oxygen atoms in total. The standard InChI is InChI=1S/C16H17N5S/c1-2-4-13(5-3-1)16-17-10-14(22-16)11-20-7-6-15-19-18-12-21(15)9-8-20/h1-5,10,12H,6-9,11H2. The molecule has 0 spiro atoms. The van der Waals surface area contributed by atoms with Crippen LogP contribution in [0.15, 0.2) is 42.9 Å². The molecule has 0 radical (unpaired) electrons. The number of thiazole rings is 1.